The first-order valence-electron chi connectivity index (χ1n) is 11.3. The molecule has 0 bridgehead atoms. The van der Waals surface area contributed by atoms with Crippen molar-refractivity contribution in [2.24, 2.45) is 0 Å². The molecule has 4 rings (SSSR count). The largest absolute Gasteiger partial charge is 0.416 e. The summed E-state index contributed by atoms with van der Waals surface area (Å²) in [6.07, 6.45) is -1.36. The van der Waals surface area contributed by atoms with Crippen LogP contribution in [0.2, 0.25) is 0 Å². The first-order valence-corrected chi connectivity index (χ1v) is 11.3. The third kappa shape index (κ3) is 6.14. The maximum atomic E-state index is 14.0. The van der Waals surface area contributed by atoms with Gasteiger partial charge >= 0.3 is 6.18 Å². The number of hydrogen-bond acceptors (Lipinski definition) is 7. The van der Waals surface area contributed by atoms with Gasteiger partial charge in [0.1, 0.15) is 0 Å². The van der Waals surface area contributed by atoms with Crippen molar-refractivity contribution in [3.8, 4) is 11.1 Å². The Kier molecular flexibility index (Phi) is 8.25. The second-order valence-corrected chi connectivity index (χ2v) is 9.36. The highest BCUT2D eigenvalue weighted by Crippen LogP contribution is 2.37. The van der Waals surface area contributed by atoms with E-state index in [1.54, 1.807) is 24.5 Å². The molecule has 1 aromatic carbocycles. The van der Waals surface area contributed by atoms with Crippen molar-refractivity contribution >= 4 is 24.0 Å². The monoisotopic (exact) mass is 524 g/mol. The number of piperazine rings is 1. The summed E-state index contributed by atoms with van der Waals surface area (Å²) in [4.78, 5) is 22.8. The fraction of sp³-hybridized carbons (Fsp3) is 0.417. The van der Waals surface area contributed by atoms with Gasteiger partial charge in [0.15, 0.2) is 0 Å². The van der Waals surface area contributed by atoms with Gasteiger partial charge in [0.25, 0.3) is 11.7 Å². The van der Waals surface area contributed by atoms with E-state index in [1.165, 1.54) is 6.07 Å². The van der Waals surface area contributed by atoms with Crippen molar-refractivity contribution in [1.82, 2.24) is 25.8 Å². The highest BCUT2D eigenvalue weighted by Gasteiger charge is 2.34. The Morgan fingerprint density at radius 2 is 1.89 bits per heavy atom. The molecule has 0 unspecified atom stereocenters. The molecule has 0 radical (unpaired) electrons. The Hall–Kier alpha value is -3.18. The molecular weight excluding hydrogens is 497 g/mol. The van der Waals surface area contributed by atoms with Crippen LogP contribution in [0.25, 0.3) is 11.1 Å². The number of carbonyl (C=O) groups is 1. The topological polar surface area (TPSA) is 96.2 Å². The third-order valence-corrected chi connectivity index (χ3v) is 5.69. The van der Waals surface area contributed by atoms with Gasteiger partial charge in [-0.15, -0.1) is 12.4 Å². The van der Waals surface area contributed by atoms with E-state index in [1.807, 2.05) is 20.8 Å². The van der Waals surface area contributed by atoms with Crippen LogP contribution in [0.15, 0.2) is 41.2 Å². The molecule has 1 amide bonds. The molecular formula is C24H28ClF3N6O2. The van der Waals surface area contributed by atoms with E-state index in [9.17, 15) is 18.0 Å². The van der Waals surface area contributed by atoms with Crippen LogP contribution >= 0.6 is 12.4 Å². The lowest BCUT2D eigenvalue weighted by atomic mass is 9.97. The minimum Gasteiger partial charge on any atom is -0.367 e. The zero-order valence-corrected chi connectivity index (χ0v) is 21.0. The molecule has 1 fully saturated rings. The normalized spacial score (nSPS) is 14.3. The minimum atomic E-state index is -4.61. The van der Waals surface area contributed by atoms with E-state index < -0.39 is 23.1 Å². The molecule has 12 heteroatoms. The number of alkyl halides is 3. The number of rotatable bonds is 5. The van der Waals surface area contributed by atoms with E-state index in [-0.39, 0.29) is 36.2 Å². The summed E-state index contributed by atoms with van der Waals surface area (Å²) in [7, 11) is 0. The van der Waals surface area contributed by atoms with E-state index in [2.05, 4.69) is 30.7 Å². The molecule has 0 aliphatic carbocycles. The van der Waals surface area contributed by atoms with Gasteiger partial charge in [-0.1, -0.05) is 38.1 Å². The predicted molar refractivity (Wildman–Crippen MR) is 131 cm³/mol. The van der Waals surface area contributed by atoms with Crippen LogP contribution in [0, 0.1) is 0 Å². The lowest BCUT2D eigenvalue weighted by molar-refractivity contribution is -0.138. The van der Waals surface area contributed by atoms with Crippen LogP contribution in [0.1, 0.15) is 48.4 Å². The molecule has 2 N–H and O–H groups in total. The number of anilines is 1. The Bertz CT molecular complexity index is 1200. The molecule has 1 saturated heterocycles. The molecule has 3 aromatic rings. The molecule has 36 heavy (non-hydrogen) atoms. The molecule has 1 aliphatic heterocycles. The maximum absolute atomic E-state index is 14.0. The number of amides is 1. The Labute approximate surface area is 213 Å². The molecule has 3 heterocycles. The summed E-state index contributed by atoms with van der Waals surface area (Å²) in [6.45, 7) is 8.25. The zero-order chi connectivity index (χ0) is 25.2. The molecule has 0 saturated carbocycles. The second kappa shape index (κ2) is 10.8. The van der Waals surface area contributed by atoms with Crippen molar-refractivity contribution in [2.75, 3.05) is 31.1 Å². The summed E-state index contributed by atoms with van der Waals surface area (Å²) in [5.41, 5.74) is 0.547. The van der Waals surface area contributed by atoms with Crippen molar-refractivity contribution < 1.29 is 22.5 Å². The fourth-order valence-electron chi connectivity index (χ4n) is 3.82. The molecule has 0 spiro atoms. The highest BCUT2D eigenvalue weighted by molar-refractivity contribution is 5.90. The first-order chi connectivity index (χ1) is 16.5. The molecule has 194 valence electrons. The van der Waals surface area contributed by atoms with Crippen LogP contribution in [-0.4, -0.2) is 47.2 Å². The number of nitrogens with one attached hydrogen (secondary N) is 2. The van der Waals surface area contributed by atoms with Crippen molar-refractivity contribution in [1.29, 1.82) is 0 Å². The molecule has 0 atom stereocenters. The van der Waals surface area contributed by atoms with Gasteiger partial charge in [0.2, 0.25) is 5.89 Å². The number of hydrogen-bond donors (Lipinski definition) is 2. The minimum absolute atomic E-state index is 0. The quantitative estimate of drug-likeness (QED) is 0.516. The van der Waals surface area contributed by atoms with Crippen molar-refractivity contribution in [2.45, 2.75) is 38.9 Å². The number of pyridine rings is 1. The van der Waals surface area contributed by atoms with Gasteiger partial charge in [0.05, 0.1) is 17.4 Å². The molecule has 8 nitrogen and oxygen atoms in total. The number of benzene rings is 1. The number of carbonyl (C=O) groups excluding carboxylic acids is 1. The van der Waals surface area contributed by atoms with Crippen LogP contribution < -0.4 is 15.5 Å². The highest BCUT2D eigenvalue weighted by atomic mass is 35.5. The predicted octanol–water partition coefficient (Wildman–Crippen LogP) is 4.21. The third-order valence-electron chi connectivity index (χ3n) is 5.69. The smallest absolute Gasteiger partial charge is 0.367 e. The second-order valence-electron chi connectivity index (χ2n) is 9.36. The SMILES string of the molecule is CC(C)(C)c1nc(C(=O)NCc2ccc(-c3ccncc3N3CCNCC3)cc2C(F)(F)F)no1.Cl. The first kappa shape index (κ1) is 27.4. The number of halogens is 4. The summed E-state index contributed by atoms with van der Waals surface area (Å²) < 4.78 is 47.1. The van der Waals surface area contributed by atoms with Gasteiger partial charge in [-0.25, -0.2) is 0 Å². The van der Waals surface area contributed by atoms with E-state index in [0.29, 0.717) is 11.1 Å². The average Bonchev–Trinajstić information content (AvgIpc) is 3.34. The fourth-order valence-corrected chi connectivity index (χ4v) is 3.82. The van der Waals surface area contributed by atoms with Crippen LogP contribution in [0.4, 0.5) is 18.9 Å². The summed E-state index contributed by atoms with van der Waals surface area (Å²) in [5.74, 6) is -0.672. The van der Waals surface area contributed by atoms with Gasteiger partial charge < -0.3 is 20.1 Å². The maximum Gasteiger partial charge on any atom is 0.416 e. The van der Waals surface area contributed by atoms with Crippen LogP contribution in [0.3, 0.4) is 0 Å². The van der Waals surface area contributed by atoms with E-state index in [0.717, 1.165) is 37.9 Å². The zero-order valence-electron chi connectivity index (χ0n) is 20.1. The number of nitrogens with zero attached hydrogens (tertiary/aromatic N) is 4. The lowest BCUT2D eigenvalue weighted by Gasteiger charge is -2.31. The Morgan fingerprint density at radius 1 is 1.17 bits per heavy atom. The standard InChI is InChI=1S/C24H27F3N6O2.ClH/c1-23(2,3)22-31-20(32-35-22)21(34)30-13-16-5-4-15(12-18(16)24(25,26)27)17-6-7-29-14-19(17)33-10-8-28-9-11-33;/h4-7,12,14,28H,8-11,13H2,1-3H3,(H,30,34);1H. The van der Waals surface area contributed by atoms with Crippen LogP contribution in [-0.2, 0) is 18.1 Å². The van der Waals surface area contributed by atoms with Crippen LogP contribution in [0.5, 0.6) is 0 Å². The Morgan fingerprint density at radius 3 is 2.53 bits per heavy atom. The lowest BCUT2D eigenvalue weighted by Crippen LogP contribution is -2.43. The van der Waals surface area contributed by atoms with E-state index >= 15 is 0 Å². The average molecular weight is 525 g/mol. The van der Waals surface area contributed by atoms with Gasteiger partial charge in [0, 0.05) is 49.9 Å². The molecule has 1 aliphatic rings. The van der Waals surface area contributed by atoms with Gasteiger partial charge in [-0.2, -0.15) is 18.2 Å². The number of aromatic nitrogens is 3. The van der Waals surface area contributed by atoms with Gasteiger partial charge in [-0.05, 0) is 23.3 Å². The van der Waals surface area contributed by atoms with Crippen molar-refractivity contribution in [3.63, 3.8) is 0 Å². The molecule has 2 aromatic heterocycles. The summed E-state index contributed by atoms with van der Waals surface area (Å²) >= 11 is 0. The summed E-state index contributed by atoms with van der Waals surface area (Å²) in [5, 5.41) is 9.37. The van der Waals surface area contributed by atoms with E-state index in [4.69, 9.17) is 4.52 Å². The van der Waals surface area contributed by atoms with Crippen molar-refractivity contribution in [3.05, 3.63) is 59.5 Å². The Balaban J connectivity index is 0.00000361. The van der Waals surface area contributed by atoms with Gasteiger partial charge in [-0.3, -0.25) is 9.78 Å². The summed E-state index contributed by atoms with van der Waals surface area (Å²) in [6, 6.07) is 5.85.